The van der Waals surface area contributed by atoms with E-state index in [1.807, 2.05) is 0 Å². The highest BCUT2D eigenvalue weighted by Crippen LogP contribution is 2.44. The van der Waals surface area contributed by atoms with Crippen molar-refractivity contribution in [3.63, 3.8) is 0 Å². The fourth-order valence-corrected chi connectivity index (χ4v) is 2.91. The van der Waals surface area contributed by atoms with Crippen LogP contribution in [0.25, 0.3) is 0 Å². The van der Waals surface area contributed by atoms with Crippen LogP contribution in [0.15, 0.2) is 24.3 Å². The smallest absolute Gasteiger partial charge is 0.0375 e. The average molecular weight is 173 g/mol. The molecule has 0 unspecified atom stereocenters. The van der Waals surface area contributed by atoms with Crippen LogP contribution >= 0.6 is 0 Å². The van der Waals surface area contributed by atoms with E-state index >= 15 is 0 Å². The first-order valence-electron chi connectivity index (χ1n) is 5.28. The molecule has 1 heteroatoms. The zero-order valence-corrected chi connectivity index (χ0v) is 7.79. The Morgan fingerprint density at radius 3 is 3.08 bits per heavy atom. The summed E-state index contributed by atoms with van der Waals surface area (Å²) in [6.45, 7) is 1.20. The molecule has 1 fully saturated rings. The molecule has 2 atom stereocenters. The average Bonchev–Trinajstić information content (AvgIpc) is 2.65. The fourth-order valence-electron chi connectivity index (χ4n) is 2.91. The van der Waals surface area contributed by atoms with Crippen molar-refractivity contribution >= 4 is 5.69 Å². The van der Waals surface area contributed by atoms with Crippen LogP contribution in [0, 0.1) is 5.92 Å². The lowest BCUT2D eigenvalue weighted by atomic mass is 9.85. The summed E-state index contributed by atoms with van der Waals surface area (Å²) in [6, 6.07) is 8.80. The van der Waals surface area contributed by atoms with Crippen LogP contribution < -0.4 is 5.32 Å². The lowest BCUT2D eigenvalue weighted by Gasteiger charge is -2.29. The Kier molecular flexibility index (Phi) is 1.58. The van der Waals surface area contributed by atoms with Crippen LogP contribution in [-0.4, -0.2) is 6.54 Å². The van der Waals surface area contributed by atoms with E-state index in [4.69, 9.17) is 0 Å². The third-order valence-electron chi connectivity index (χ3n) is 3.57. The third-order valence-corrected chi connectivity index (χ3v) is 3.57. The minimum Gasteiger partial charge on any atom is -0.385 e. The molecule has 1 aliphatic heterocycles. The predicted molar refractivity (Wildman–Crippen MR) is 55.0 cm³/mol. The molecule has 13 heavy (non-hydrogen) atoms. The van der Waals surface area contributed by atoms with Gasteiger partial charge in [0.1, 0.15) is 0 Å². The van der Waals surface area contributed by atoms with Crippen LogP contribution in [0.1, 0.15) is 30.7 Å². The van der Waals surface area contributed by atoms with Crippen molar-refractivity contribution in [3.8, 4) is 0 Å². The zero-order valence-electron chi connectivity index (χ0n) is 7.79. The number of rotatable bonds is 0. The van der Waals surface area contributed by atoms with Crippen molar-refractivity contribution in [1.29, 1.82) is 0 Å². The van der Waals surface area contributed by atoms with Crippen molar-refractivity contribution in [2.24, 2.45) is 5.92 Å². The topological polar surface area (TPSA) is 12.0 Å². The largest absolute Gasteiger partial charge is 0.385 e. The predicted octanol–water partition coefficient (Wildman–Crippen LogP) is 3.00. The van der Waals surface area contributed by atoms with Crippen LogP contribution in [-0.2, 0) is 0 Å². The van der Waals surface area contributed by atoms with Gasteiger partial charge in [-0.15, -0.1) is 0 Å². The maximum absolute atomic E-state index is 3.53. The molecular formula is C12H15N. The summed E-state index contributed by atoms with van der Waals surface area (Å²) < 4.78 is 0. The van der Waals surface area contributed by atoms with Gasteiger partial charge in [0.2, 0.25) is 0 Å². The molecule has 0 bridgehead atoms. The zero-order chi connectivity index (χ0) is 8.67. The molecule has 0 radical (unpaired) electrons. The van der Waals surface area contributed by atoms with Gasteiger partial charge in [-0.2, -0.15) is 0 Å². The van der Waals surface area contributed by atoms with Crippen LogP contribution in [0.3, 0.4) is 0 Å². The lowest BCUT2D eigenvalue weighted by molar-refractivity contribution is 0.495. The van der Waals surface area contributed by atoms with E-state index in [9.17, 15) is 0 Å². The van der Waals surface area contributed by atoms with Crippen LogP contribution in [0.5, 0.6) is 0 Å². The highest BCUT2D eigenvalue weighted by Gasteiger charge is 2.32. The van der Waals surface area contributed by atoms with Gasteiger partial charge in [0.05, 0.1) is 0 Å². The van der Waals surface area contributed by atoms with Gasteiger partial charge in [0, 0.05) is 12.2 Å². The molecule has 68 valence electrons. The summed E-state index contributed by atoms with van der Waals surface area (Å²) in [4.78, 5) is 0. The molecule has 1 N–H and O–H groups in total. The summed E-state index contributed by atoms with van der Waals surface area (Å²) in [5, 5.41) is 3.53. The molecule has 0 amide bonds. The van der Waals surface area contributed by atoms with Gasteiger partial charge in [-0.05, 0) is 36.3 Å². The second-order valence-electron chi connectivity index (χ2n) is 4.27. The summed E-state index contributed by atoms with van der Waals surface area (Å²) in [7, 11) is 0. The summed E-state index contributed by atoms with van der Waals surface area (Å²) in [6.07, 6.45) is 4.25. The molecule has 3 rings (SSSR count). The molecule has 1 aliphatic carbocycles. The molecule has 0 saturated heterocycles. The van der Waals surface area contributed by atoms with Gasteiger partial charge >= 0.3 is 0 Å². The number of nitrogens with one attached hydrogen (secondary N) is 1. The SMILES string of the molecule is c1ccc2c(c1)NC[C@@H]1CCC[C@@H]21. The Balaban J connectivity index is 2.06. The van der Waals surface area contributed by atoms with E-state index in [1.165, 1.54) is 31.5 Å². The Bertz CT molecular complexity index is 319. The van der Waals surface area contributed by atoms with Gasteiger partial charge in [0.15, 0.2) is 0 Å². The van der Waals surface area contributed by atoms with Gasteiger partial charge in [0.25, 0.3) is 0 Å². The Morgan fingerprint density at radius 2 is 2.08 bits per heavy atom. The minimum atomic E-state index is 0.859. The lowest BCUT2D eigenvalue weighted by Crippen LogP contribution is -2.23. The first-order chi connectivity index (χ1) is 6.45. The van der Waals surface area contributed by atoms with Crippen molar-refractivity contribution < 1.29 is 0 Å². The fraction of sp³-hybridized carbons (Fsp3) is 0.500. The standard InChI is InChI=1S/C12H15N/c1-2-7-12-11(5-1)10-6-3-4-9(10)8-13-12/h1-2,5,7,9-10,13H,3-4,6,8H2/t9-,10+/m0/s1. The number of para-hydroxylation sites is 1. The second-order valence-corrected chi connectivity index (χ2v) is 4.27. The monoisotopic (exact) mass is 173 g/mol. The summed E-state index contributed by atoms with van der Waals surface area (Å²) in [5.74, 6) is 1.77. The molecular weight excluding hydrogens is 158 g/mol. The summed E-state index contributed by atoms with van der Waals surface area (Å²) >= 11 is 0. The first kappa shape index (κ1) is 7.43. The first-order valence-corrected chi connectivity index (χ1v) is 5.28. The van der Waals surface area contributed by atoms with E-state index in [1.54, 1.807) is 5.56 Å². The molecule has 1 saturated carbocycles. The van der Waals surface area contributed by atoms with E-state index in [0.29, 0.717) is 0 Å². The summed E-state index contributed by atoms with van der Waals surface area (Å²) in [5.41, 5.74) is 2.95. The van der Waals surface area contributed by atoms with E-state index < -0.39 is 0 Å². The third kappa shape index (κ3) is 1.06. The van der Waals surface area contributed by atoms with Crippen molar-refractivity contribution in [1.82, 2.24) is 0 Å². The van der Waals surface area contributed by atoms with Crippen LogP contribution in [0.2, 0.25) is 0 Å². The molecule has 1 nitrogen and oxygen atoms in total. The Hall–Kier alpha value is -0.980. The quantitative estimate of drug-likeness (QED) is 0.636. The Morgan fingerprint density at radius 1 is 1.15 bits per heavy atom. The Labute approximate surface area is 79.2 Å². The second kappa shape index (κ2) is 2.76. The number of hydrogen-bond donors (Lipinski definition) is 1. The van der Waals surface area contributed by atoms with Crippen LogP contribution in [0.4, 0.5) is 5.69 Å². The van der Waals surface area contributed by atoms with Gasteiger partial charge in [-0.25, -0.2) is 0 Å². The highest BCUT2D eigenvalue weighted by molar-refractivity contribution is 5.55. The van der Waals surface area contributed by atoms with Gasteiger partial charge in [-0.3, -0.25) is 0 Å². The van der Waals surface area contributed by atoms with Crippen molar-refractivity contribution in [3.05, 3.63) is 29.8 Å². The maximum Gasteiger partial charge on any atom is 0.0375 e. The number of anilines is 1. The number of hydrogen-bond acceptors (Lipinski definition) is 1. The molecule has 0 spiro atoms. The normalized spacial score (nSPS) is 30.5. The molecule has 2 aliphatic rings. The molecule has 0 aromatic heterocycles. The van der Waals surface area contributed by atoms with E-state index in [2.05, 4.69) is 29.6 Å². The van der Waals surface area contributed by atoms with Crippen molar-refractivity contribution in [2.75, 3.05) is 11.9 Å². The van der Waals surface area contributed by atoms with E-state index in [-0.39, 0.29) is 0 Å². The minimum absolute atomic E-state index is 0.859. The number of fused-ring (bicyclic) bond motifs is 3. The molecule has 1 aromatic carbocycles. The van der Waals surface area contributed by atoms with Crippen molar-refractivity contribution in [2.45, 2.75) is 25.2 Å². The molecule has 1 aromatic rings. The number of benzene rings is 1. The van der Waals surface area contributed by atoms with E-state index in [0.717, 1.165) is 11.8 Å². The van der Waals surface area contributed by atoms with Gasteiger partial charge < -0.3 is 5.32 Å². The van der Waals surface area contributed by atoms with Gasteiger partial charge in [-0.1, -0.05) is 24.6 Å². The highest BCUT2D eigenvalue weighted by atomic mass is 14.9. The maximum atomic E-state index is 3.53. The molecule has 1 heterocycles.